The molecule has 3 heterocycles. The largest absolute Gasteiger partial charge is 0.374 e. The summed E-state index contributed by atoms with van der Waals surface area (Å²) in [5, 5.41) is 4.08. The Morgan fingerprint density at radius 2 is 2.16 bits per heavy atom. The normalized spacial score (nSPS) is 24.1. The lowest BCUT2D eigenvalue weighted by Crippen LogP contribution is -2.47. The van der Waals surface area contributed by atoms with Crippen molar-refractivity contribution in [2.45, 2.75) is 57.7 Å². The number of carbonyl (C=O) groups excluding carboxylic acids is 1. The number of ether oxygens (including phenoxy) is 1. The molecule has 1 aliphatic carbocycles. The van der Waals surface area contributed by atoms with Crippen LogP contribution in [0.15, 0.2) is 17.0 Å². The van der Waals surface area contributed by atoms with Gasteiger partial charge in [0.1, 0.15) is 11.7 Å². The second kappa shape index (κ2) is 6.25. The Kier molecular flexibility index (Phi) is 4.07. The molecule has 25 heavy (non-hydrogen) atoms. The van der Waals surface area contributed by atoms with E-state index in [9.17, 15) is 4.79 Å². The second-order valence-corrected chi connectivity index (χ2v) is 7.08. The molecule has 1 aliphatic heterocycles. The summed E-state index contributed by atoms with van der Waals surface area (Å²) >= 11 is 0. The first kappa shape index (κ1) is 16.3. The maximum absolute atomic E-state index is 13.0. The Bertz CT molecular complexity index is 764. The highest BCUT2D eigenvalue weighted by Gasteiger charge is 2.40. The van der Waals surface area contributed by atoms with E-state index in [2.05, 4.69) is 15.1 Å². The Balaban J connectivity index is 1.61. The summed E-state index contributed by atoms with van der Waals surface area (Å²) in [5.74, 6) is 1.46. The maximum atomic E-state index is 13.0. The van der Waals surface area contributed by atoms with Crippen LogP contribution in [0, 0.1) is 0 Å². The predicted octanol–water partition coefficient (Wildman–Crippen LogP) is 2.33. The van der Waals surface area contributed by atoms with Crippen LogP contribution in [0.25, 0.3) is 0 Å². The van der Waals surface area contributed by atoms with Crippen molar-refractivity contribution in [3.05, 3.63) is 29.9 Å². The monoisotopic (exact) mass is 345 g/mol. The number of aromatic nitrogens is 4. The molecule has 2 aromatic heterocycles. The van der Waals surface area contributed by atoms with Crippen LogP contribution in [0.2, 0.25) is 0 Å². The van der Waals surface area contributed by atoms with Crippen molar-refractivity contribution in [1.29, 1.82) is 0 Å². The molecule has 1 saturated heterocycles. The minimum absolute atomic E-state index is 0.134. The highest BCUT2D eigenvalue weighted by molar-refractivity contribution is 5.92. The maximum Gasteiger partial charge on any atom is 0.274 e. The number of morpholine rings is 1. The lowest BCUT2D eigenvalue weighted by Gasteiger charge is -2.37. The van der Waals surface area contributed by atoms with Gasteiger partial charge in [0.05, 0.1) is 19.0 Å². The minimum Gasteiger partial charge on any atom is -0.374 e. The average Bonchev–Trinajstić information content (AvgIpc) is 3.12. The van der Waals surface area contributed by atoms with Crippen molar-refractivity contribution in [3.63, 3.8) is 0 Å². The highest BCUT2D eigenvalue weighted by atomic mass is 16.5. The summed E-state index contributed by atoms with van der Waals surface area (Å²) in [6, 6.07) is -0.129. The molecular weight excluding hydrogens is 322 g/mol. The topological polar surface area (TPSA) is 86.3 Å². The third-order valence-corrected chi connectivity index (χ3v) is 4.82. The Hall–Kier alpha value is -2.22. The molecule has 2 aliphatic rings. The number of hydrogen-bond acceptors (Lipinski definition) is 6. The molecule has 0 spiro atoms. The minimum atomic E-state index is -0.384. The lowest BCUT2D eigenvalue weighted by atomic mass is 10.1. The zero-order valence-corrected chi connectivity index (χ0v) is 14.8. The second-order valence-electron chi connectivity index (χ2n) is 7.08. The van der Waals surface area contributed by atoms with Crippen molar-refractivity contribution in [2.24, 2.45) is 0 Å². The summed E-state index contributed by atoms with van der Waals surface area (Å²) in [7, 11) is 0. The summed E-state index contributed by atoms with van der Waals surface area (Å²) in [6.45, 7) is 6.99. The van der Waals surface area contributed by atoms with E-state index in [0.717, 1.165) is 18.7 Å². The molecule has 8 nitrogen and oxygen atoms in total. The molecule has 1 saturated carbocycles. The van der Waals surface area contributed by atoms with E-state index in [1.807, 2.05) is 25.3 Å². The Morgan fingerprint density at radius 1 is 1.36 bits per heavy atom. The molecule has 2 atom stereocenters. The van der Waals surface area contributed by atoms with Crippen molar-refractivity contribution < 1.29 is 14.1 Å². The number of amides is 1. The summed E-state index contributed by atoms with van der Waals surface area (Å²) in [4.78, 5) is 23.6. The highest BCUT2D eigenvalue weighted by Crippen LogP contribution is 2.39. The predicted molar refractivity (Wildman–Crippen MR) is 88.1 cm³/mol. The smallest absolute Gasteiger partial charge is 0.274 e. The van der Waals surface area contributed by atoms with Crippen LogP contribution >= 0.6 is 0 Å². The molecule has 0 N–H and O–H groups in total. The first-order valence-corrected chi connectivity index (χ1v) is 8.84. The first-order chi connectivity index (χ1) is 12.0. The van der Waals surface area contributed by atoms with Crippen molar-refractivity contribution in [3.8, 4) is 0 Å². The van der Waals surface area contributed by atoms with Gasteiger partial charge in [-0.05, 0) is 33.6 Å². The molecule has 2 aromatic rings. The summed E-state index contributed by atoms with van der Waals surface area (Å²) in [6.07, 6.45) is 5.47. The Labute approximate surface area is 146 Å². The van der Waals surface area contributed by atoms with Crippen molar-refractivity contribution in [2.75, 3.05) is 13.2 Å². The van der Waals surface area contributed by atoms with Crippen LogP contribution in [0.1, 0.15) is 73.8 Å². The first-order valence-electron chi connectivity index (χ1n) is 8.84. The van der Waals surface area contributed by atoms with E-state index in [1.54, 1.807) is 17.4 Å². The van der Waals surface area contributed by atoms with E-state index >= 15 is 0 Å². The fourth-order valence-electron chi connectivity index (χ4n) is 3.13. The number of nitrogens with zero attached hydrogens (tertiary/aromatic N) is 5. The van der Waals surface area contributed by atoms with Crippen LogP contribution in [0.5, 0.6) is 0 Å². The van der Waals surface area contributed by atoms with E-state index in [4.69, 9.17) is 9.26 Å². The Morgan fingerprint density at radius 3 is 2.84 bits per heavy atom. The van der Waals surface area contributed by atoms with Crippen LogP contribution in [0.3, 0.4) is 0 Å². The fraction of sp³-hybridized carbons (Fsp3) is 0.647. The lowest BCUT2D eigenvalue weighted by molar-refractivity contribution is -0.0602. The standard InChI is InChI=1S/C17H23N5O3/c1-10(2)21-8-13(18-9-21)17(23)22-6-7-24-11(3)14(22)16-19-15(20-25-16)12-4-5-12/h8-12,14H,4-7H2,1-3H3/t11-,14+/m1/s1. The van der Waals surface area contributed by atoms with Crippen LogP contribution < -0.4 is 0 Å². The van der Waals surface area contributed by atoms with E-state index in [0.29, 0.717) is 30.7 Å². The van der Waals surface area contributed by atoms with Gasteiger partial charge < -0.3 is 18.7 Å². The zero-order valence-electron chi connectivity index (χ0n) is 14.8. The number of hydrogen-bond donors (Lipinski definition) is 0. The van der Waals surface area contributed by atoms with Crippen LogP contribution in [0.4, 0.5) is 0 Å². The SMILES string of the molecule is CC(C)n1cnc(C(=O)N2CCO[C@H](C)[C@H]2c2nc(C3CC3)no2)c1. The number of imidazole rings is 1. The zero-order chi connectivity index (χ0) is 17.6. The summed E-state index contributed by atoms with van der Waals surface area (Å²) < 4.78 is 13.1. The van der Waals surface area contributed by atoms with E-state index in [1.165, 1.54) is 0 Å². The quantitative estimate of drug-likeness (QED) is 0.845. The number of rotatable bonds is 4. The molecule has 2 fully saturated rings. The third kappa shape index (κ3) is 3.06. The molecule has 0 radical (unpaired) electrons. The third-order valence-electron chi connectivity index (χ3n) is 4.82. The van der Waals surface area contributed by atoms with Gasteiger partial charge in [-0.15, -0.1) is 0 Å². The van der Waals surface area contributed by atoms with Gasteiger partial charge in [-0.25, -0.2) is 4.98 Å². The molecular formula is C17H23N5O3. The molecule has 0 aromatic carbocycles. The molecule has 1 amide bonds. The molecule has 134 valence electrons. The van der Waals surface area contributed by atoms with Gasteiger partial charge in [0.25, 0.3) is 11.8 Å². The van der Waals surface area contributed by atoms with Crippen molar-refractivity contribution in [1.82, 2.24) is 24.6 Å². The molecule has 8 heteroatoms. The summed E-state index contributed by atoms with van der Waals surface area (Å²) in [5.41, 5.74) is 0.426. The number of carbonyl (C=O) groups is 1. The van der Waals surface area contributed by atoms with Gasteiger partial charge in [-0.3, -0.25) is 4.79 Å². The van der Waals surface area contributed by atoms with Gasteiger partial charge in [-0.1, -0.05) is 5.16 Å². The van der Waals surface area contributed by atoms with Gasteiger partial charge in [0.15, 0.2) is 5.82 Å². The van der Waals surface area contributed by atoms with Crippen LogP contribution in [-0.2, 0) is 4.74 Å². The fourth-order valence-corrected chi connectivity index (χ4v) is 3.13. The van der Waals surface area contributed by atoms with Gasteiger partial charge in [-0.2, -0.15) is 4.98 Å². The molecule has 0 bridgehead atoms. The molecule has 0 unspecified atom stereocenters. The van der Waals surface area contributed by atoms with Gasteiger partial charge >= 0.3 is 0 Å². The molecule has 4 rings (SSSR count). The van der Waals surface area contributed by atoms with E-state index < -0.39 is 0 Å². The average molecular weight is 345 g/mol. The van der Waals surface area contributed by atoms with Gasteiger partial charge in [0.2, 0.25) is 0 Å². The van der Waals surface area contributed by atoms with Gasteiger partial charge in [0, 0.05) is 24.7 Å². The van der Waals surface area contributed by atoms with Crippen LogP contribution in [-0.4, -0.2) is 49.8 Å². The van der Waals surface area contributed by atoms with Crippen molar-refractivity contribution >= 4 is 5.91 Å². The van der Waals surface area contributed by atoms with E-state index in [-0.39, 0.29) is 24.1 Å².